The van der Waals surface area contributed by atoms with Gasteiger partial charge in [0.05, 0.1) is 18.9 Å². The van der Waals surface area contributed by atoms with Crippen LogP contribution in [0.5, 0.6) is 0 Å². The van der Waals surface area contributed by atoms with Crippen molar-refractivity contribution in [3.63, 3.8) is 0 Å². The van der Waals surface area contributed by atoms with E-state index in [1.807, 2.05) is 0 Å². The summed E-state index contributed by atoms with van der Waals surface area (Å²) in [5.41, 5.74) is 6.34. The number of pyridine rings is 1. The Morgan fingerprint density at radius 2 is 2.33 bits per heavy atom. The highest BCUT2D eigenvalue weighted by atomic mass is 35.5. The molecule has 1 fully saturated rings. The van der Waals surface area contributed by atoms with E-state index in [0.717, 1.165) is 5.69 Å². The van der Waals surface area contributed by atoms with Gasteiger partial charge in [-0.05, 0) is 12.1 Å². The van der Waals surface area contributed by atoms with Gasteiger partial charge in [-0.3, -0.25) is 4.98 Å². The molecule has 0 aromatic carbocycles. The number of nitrogens with zero attached hydrogens (tertiary/aromatic N) is 1. The first-order chi connectivity index (χ1) is 5.71. The van der Waals surface area contributed by atoms with Gasteiger partial charge >= 0.3 is 0 Å². The summed E-state index contributed by atoms with van der Waals surface area (Å²) in [5.74, 6) is 0. The summed E-state index contributed by atoms with van der Waals surface area (Å²) >= 11 is 5.80. The lowest BCUT2D eigenvalue weighted by molar-refractivity contribution is -0.0590. The lowest BCUT2D eigenvalue weighted by Gasteiger charge is -2.37. The highest BCUT2D eigenvalue weighted by Crippen LogP contribution is 2.26. The Hall–Kier alpha value is -0.640. The minimum Gasteiger partial charge on any atom is -0.377 e. The second kappa shape index (κ2) is 2.69. The van der Waals surface area contributed by atoms with Crippen molar-refractivity contribution < 1.29 is 4.74 Å². The van der Waals surface area contributed by atoms with Gasteiger partial charge in [-0.25, -0.2) is 0 Å². The number of hydrogen-bond acceptors (Lipinski definition) is 3. The van der Waals surface area contributed by atoms with E-state index in [1.165, 1.54) is 0 Å². The highest BCUT2D eigenvalue weighted by molar-refractivity contribution is 6.30. The molecule has 1 aliphatic rings. The van der Waals surface area contributed by atoms with E-state index >= 15 is 0 Å². The first-order valence-corrected chi connectivity index (χ1v) is 4.07. The number of aromatic nitrogens is 1. The lowest BCUT2D eigenvalue weighted by Crippen LogP contribution is -2.54. The third kappa shape index (κ3) is 1.20. The molecule has 2 N–H and O–H groups in total. The first-order valence-electron chi connectivity index (χ1n) is 3.69. The molecule has 2 rings (SSSR count). The van der Waals surface area contributed by atoms with Gasteiger partial charge in [0.1, 0.15) is 5.54 Å². The summed E-state index contributed by atoms with van der Waals surface area (Å²) in [6.07, 6.45) is 1.66. The number of hydrogen-bond donors (Lipinski definition) is 1. The number of nitrogens with two attached hydrogens (primary N) is 1. The van der Waals surface area contributed by atoms with Crippen molar-refractivity contribution in [1.82, 2.24) is 4.98 Å². The average molecular weight is 185 g/mol. The summed E-state index contributed by atoms with van der Waals surface area (Å²) in [4.78, 5) is 4.14. The fourth-order valence-corrected chi connectivity index (χ4v) is 1.31. The van der Waals surface area contributed by atoms with E-state index < -0.39 is 5.54 Å². The molecular formula is C8H9ClN2O. The van der Waals surface area contributed by atoms with E-state index in [-0.39, 0.29) is 0 Å². The molecule has 0 amide bonds. The van der Waals surface area contributed by atoms with Crippen LogP contribution < -0.4 is 5.73 Å². The Balaban J connectivity index is 2.33. The average Bonchev–Trinajstić information content (AvgIpc) is 2.00. The van der Waals surface area contributed by atoms with Crippen molar-refractivity contribution >= 4 is 11.6 Å². The highest BCUT2D eigenvalue weighted by Gasteiger charge is 2.37. The van der Waals surface area contributed by atoms with Crippen LogP contribution in [0.15, 0.2) is 18.3 Å². The zero-order valence-corrected chi connectivity index (χ0v) is 7.21. The van der Waals surface area contributed by atoms with Crippen molar-refractivity contribution in [2.24, 2.45) is 5.73 Å². The smallest absolute Gasteiger partial charge is 0.106 e. The van der Waals surface area contributed by atoms with Crippen LogP contribution in [0.2, 0.25) is 5.02 Å². The van der Waals surface area contributed by atoms with Gasteiger partial charge in [0.25, 0.3) is 0 Å². The standard InChI is InChI=1S/C8H9ClN2O/c9-6-1-2-11-7(3-6)8(10)4-12-5-8/h1-3H,4-5,10H2. The third-order valence-corrected chi connectivity index (χ3v) is 2.19. The normalized spacial score (nSPS) is 20.2. The zero-order chi connectivity index (χ0) is 8.60. The van der Waals surface area contributed by atoms with Crippen LogP contribution in [-0.2, 0) is 10.3 Å². The van der Waals surface area contributed by atoms with Crippen LogP contribution >= 0.6 is 11.6 Å². The van der Waals surface area contributed by atoms with Gasteiger partial charge in [-0.2, -0.15) is 0 Å². The summed E-state index contributed by atoms with van der Waals surface area (Å²) < 4.78 is 5.02. The Morgan fingerprint density at radius 3 is 2.83 bits per heavy atom. The molecule has 4 heteroatoms. The maximum Gasteiger partial charge on any atom is 0.106 e. The maximum atomic E-state index is 5.95. The number of ether oxygens (including phenoxy) is 1. The Labute approximate surface area is 75.5 Å². The molecule has 1 aromatic rings. The molecule has 0 aliphatic carbocycles. The monoisotopic (exact) mass is 184 g/mol. The van der Waals surface area contributed by atoms with Crippen molar-refractivity contribution in [3.8, 4) is 0 Å². The molecule has 12 heavy (non-hydrogen) atoms. The molecule has 0 bridgehead atoms. The zero-order valence-electron chi connectivity index (χ0n) is 6.46. The molecule has 2 heterocycles. The molecule has 0 spiro atoms. The molecule has 1 aromatic heterocycles. The van der Waals surface area contributed by atoms with E-state index in [0.29, 0.717) is 18.2 Å². The summed E-state index contributed by atoms with van der Waals surface area (Å²) in [6, 6.07) is 3.51. The van der Waals surface area contributed by atoms with E-state index in [4.69, 9.17) is 22.1 Å². The molecule has 0 unspecified atom stereocenters. The summed E-state index contributed by atoms with van der Waals surface area (Å²) in [5, 5.41) is 0.664. The van der Waals surface area contributed by atoms with Crippen molar-refractivity contribution in [3.05, 3.63) is 29.0 Å². The molecule has 64 valence electrons. The van der Waals surface area contributed by atoms with Crippen molar-refractivity contribution in [2.45, 2.75) is 5.54 Å². The van der Waals surface area contributed by atoms with Gasteiger partial charge in [-0.15, -0.1) is 0 Å². The van der Waals surface area contributed by atoms with Crippen LogP contribution in [0.3, 0.4) is 0 Å². The molecule has 0 radical (unpaired) electrons. The van der Waals surface area contributed by atoms with E-state index in [2.05, 4.69) is 4.98 Å². The van der Waals surface area contributed by atoms with Crippen molar-refractivity contribution in [1.29, 1.82) is 0 Å². The molecule has 0 saturated carbocycles. The van der Waals surface area contributed by atoms with Gasteiger partial charge < -0.3 is 10.5 Å². The third-order valence-electron chi connectivity index (χ3n) is 1.95. The minimum absolute atomic E-state index is 0.412. The minimum atomic E-state index is -0.412. The van der Waals surface area contributed by atoms with Crippen LogP contribution in [0.4, 0.5) is 0 Å². The van der Waals surface area contributed by atoms with Gasteiger partial charge in [-0.1, -0.05) is 11.6 Å². The Kier molecular flexibility index (Phi) is 1.79. The Bertz CT molecular complexity index is 299. The molecule has 0 atom stereocenters. The fourth-order valence-electron chi connectivity index (χ4n) is 1.15. The first kappa shape index (κ1) is 7.98. The number of halogens is 1. The van der Waals surface area contributed by atoms with Crippen LogP contribution in [0, 0.1) is 0 Å². The second-order valence-electron chi connectivity index (χ2n) is 3.01. The number of rotatable bonds is 1. The van der Waals surface area contributed by atoms with E-state index in [1.54, 1.807) is 18.3 Å². The molecule has 1 aliphatic heterocycles. The fraction of sp³-hybridized carbons (Fsp3) is 0.375. The van der Waals surface area contributed by atoms with Gasteiger partial charge in [0.2, 0.25) is 0 Å². The van der Waals surface area contributed by atoms with Crippen molar-refractivity contribution in [2.75, 3.05) is 13.2 Å². The van der Waals surface area contributed by atoms with Crippen LogP contribution in [0.1, 0.15) is 5.69 Å². The summed E-state index contributed by atoms with van der Waals surface area (Å²) in [7, 11) is 0. The SMILES string of the molecule is NC1(c2cc(Cl)ccn2)COC1. The van der Waals surface area contributed by atoms with Crippen LogP contribution in [0.25, 0.3) is 0 Å². The van der Waals surface area contributed by atoms with Crippen LogP contribution in [-0.4, -0.2) is 18.2 Å². The van der Waals surface area contributed by atoms with E-state index in [9.17, 15) is 0 Å². The largest absolute Gasteiger partial charge is 0.377 e. The topological polar surface area (TPSA) is 48.1 Å². The summed E-state index contributed by atoms with van der Waals surface area (Å²) in [6.45, 7) is 1.06. The molecule has 3 nitrogen and oxygen atoms in total. The predicted molar refractivity (Wildman–Crippen MR) is 45.9 cm³/mol. The Morgan fingerprint density at radius 1 is 1.58 bits per heavy atom. The maximum absolute atomic E-state index is 5.95. The van der Waals surface area contributed by atoms with Gasteiger partial charge in [0, 0.05) is 11.2 Å². The quantitative estimate of drug-likeness (QED) is 0.706. The molecular weight excluding hydrogens is 176 g/mol. The molecule has 1 saturated heterocycles. The predicted octanol–water partition coefficient (Wildman–Crippen LogP) is 0.919. The van der Waals surface area contributed by atoms with Gasteiger partial charge in [0.15, 0.2) is 0 Å². The lowest BCUT2D eigenvalue weighted by atomic mass is 9.94. The second-order valence-corrected chi connectivity index (χ2v) is 3.44.